The minimum absolute atomic E-state index is 0.251. The van der Waals surface area contributed by atoms with Gasteiger partial charge in [-0.15, -0.1) is 0 Å². The second-order valence-corrected chi connectivity index (χ2v) is 6.13. The summed E-state index contributed by atoms with van der Waals surface area (Å²) >= 11 is 0. The lowest BCUT2D eigenvalue weighted by atomic mass is 9.90. The van der Waals surface area contributed by atoms with Crippen LogP contribution in [0.4, 0.5) is 4.79 Å². The quantitative estimate of drug-likeness (QED) is 0.766. The molecule has 0 aliphatic carbocycles. The molecule has 0 saturated carbocycles. The summed E-state index contributed by atoms with van der Waals surface area (Å²) in [6, 6.07) is 9.73. The minimum atomic E-state index is -0.819. The number of carbonyl (C=O) groups excluding carboxylic acids is 3. The average molecular weight is 384 g/mol. The van der Waals surface area contributed by atoms with Crippen LogP contribution in [0.25, 0.3) is 10.8 Å². The highest BCUT2D eigenvalue weighted by atomic mass is 16.6. The Hall–Kier alpha value is -3.55. The van der Waals surface area contributed by atoms with Crippen LogP contribution in [0.15, 0.2) is 47.7 Å². The zero-order valence-electron chi connectivity index (χ0n) is 15.7. The molecule has 1 heterocycles. The highest BCUT2D eigenvalue weighted by molar-refractivity contribution is 5.98. The van der Waals surface area contributed by atoms with E-state index in [9.17, 15) is 14.4 Å². The fraction of sp³-hybridized carbons (Fsp3) is 0.250. The summed E-state index contributed by atoms with van der Waals surface area (Å²) in [6.45, 7) is 1.31. The summed E-state index contributed by atoms with van der Waals surface area (Å²) < 4.78 is 15.2. The summed E-state index contributed by atoms with van der Waals surface area (Å²) in [5.41, 5.74) is 1.19. The van der Waals surface area contributed by atoms with Gasteiger partial charge in [-0.3, -0.25) is 0 Å². The van der Waals surface area contributed by atoms with Gasteiger partial charge in [0.05, 0.1) is 25.8 Å². The number of esters is 2. The van der Waals surface area contributed by atoms with E-state index in [1.807, 2.05) is 30.3 Å². The van der Waals surface area contributed by atoms with E-state index in [-0.39, 0.29) is 12.2 Å². The molecule has 0 aromatic heterocycles. The minimum Gasteiger partial charge on any atom is -0.482 e. The first-order chi connectivity index (χ1) is 13.5. The molecule has 0 radical (unpaired) electrons. The number of nitrogens with one attached hydrogen (secondary N) is 2. The predicted octanol–water partition coefficient (Wildman–Crippen LogP) is 2.19. The van der Waals surface area contributed by atoms with Crippen molar-refractivity contribution in [3.63, 3.8) is 0 Å². The summed E-state index contributed by atoms with van der Waals surface area (Å²) in [4.78, 5) is 36.1. The molecule has 2 aromatic carbocycles. The van der Waals surface area contributed by atoms with Crippen molar-refractivity contribution in [2.24, 2.45) is 0 Å². The van der Waals surface area contributed by atoms with E-state index in [1.165, 1.54) is 14.2 Å². The fourth-order valence-electron chi connectivity index (χ4n) is 3.19. The molecule has 3 rings (SSSR count). The van der Waals surface area contributed by atoms with Gasteiger partial charge in [0.25, 0.3) is 0 Å². The van der Waals surface area contributed by atoms with E-state index in [0.29, 0.717) is 17.0 Å². The summed E-state index contributed by atoms with van der Waals surface area (Å²) in [5.74, 6) is -0.777. The Balaban J connectivity index is 2.20. The molecule has 1 atom stereocenters. The van der Waals surface area contributed by atoms with Crippen LogP contribution in [0, 0.1) is 0 Å². The molecule has 2 aromatic rings. The Morgan fingerprint density at radius 2 is 1.82 bits per heavy atom. The van der Waals surface area contributed by atoms with Crippen molar-refractivity contribution >= 4 is 28.7 Å². The largest absolute Gasteiger partial charge is 0.482 e. The van der Waals surface area contributed by atoms with E-state index in [2.05, 4.69) is 15.4 Å². The SMILES string of the molecule is COC(=O)COc1ccc2ccccc2c1[C@@H]1NC(=O)NC(C)=C1C(=O)OC. The van der Waals surface area contributed by atoms with Crippen molar-refractivity contribution in [3.8, 4) is 5.75 Å². The summed E-state index contributed by atoms with van der Waals surface area (Å²) in [7, 11) is 2.54. The van der Waals surface area contributed by atoms with Gasteiger partial charge in [0.1, 0.15) is 5.75 Å². The van der Waals surface area contributed by atoms with Crippen LogP contribution in [-0.4, -0.2) is 38.8 Å². The number of methoxy groups -OCH3 is 2. The number of ether oxygens (including phenoxy) is 3. The van der Waals surface area contributed by atoms with Gasteiger partial charge in [0, 0.05) is 11.3 Å². The van der Waals surface area contributed by atoms with Crippen LogP contribution in [0.1, 0.15) is 18.5 Å². The molecule has 8 nitrogen and oxygen atoms in total. The van der Waals surface area contributed by atoms with Crippen molar-refractivity contribution in [1.29, 1.82) is 0 Å². The lowest BCUT2D eigenvalue weighted by molar-refractivity contribution is -0.143. The number of rotatable bonds is 5. The van der Waals surface area contributed by atoms with Crippen LogP contribution in [0.2, 0.25) is 0 Å². The summed E-state index contributed by atoms with van der Waals surface area (Å²) in [6.07, 6.45) is 0. The maximum atomic E-state index is 12.4. The number of benzene rings is 2. The van der Waals surface area contributed by atoms with Gasteiger partial charge in [0.15, 0.2) is 6.61 Å². The first-order valence-electron chi connectivity index (χ1n) is 8.54. The van der Waals surface area contributed by atoms with Crippen LogP contribution in [-0.2, 0) is 19.1 Å². The van der Waals surface area contributed by atoms with E-state index >= 15 is 0 Å². The predicted molar refractivity (Wildman–Crippen MR) is 101 cm³/mol. The molecule has 0 fully saturated rings. The molecular weight excluding hydrogens is 364 g/mol. The molecular formula is C20H20N2O6. The van der Waals surface area contributed by atoms with Gasteiger partial charge in [-0.2, -0.15) is 0 Å². The second-order valence-electron chi connectivity index (χ2n) is 6.13. The van der Waals surface area contributed by atoms with Crippen molar-refractivity contribution in [2.45, 2.75) is 13.0 Å². The lowest BCUT2D eigenvalue weighted by Crippen LogP contribution is -2.45. The third-order valence-electron chi connectivity index (χ3n) is 4.47. The molecule has 2 N–H and O–H groups in total. The average Bonchev–Trinajstić information content (AvgIpc) is 2.70. The molecule has 1 aliphatic rings. The lowest BCUT2D eigenvalue weighted by Gasteiger charge is -2.29. The highest BCUT2D eigenvalue weighted by Gasteiger charge is 2.34. The molecule has 2 amide bonds. The molecule has 146 valence electrons. The van der Waals surface area contributed by atoms with Crippen LogP contribution >= 0.6 is 0 Å². The van der Waals surface area contributed by atoms with Crippen molar-refractivity contribution < 1.29 is 28.6 Å². The zero-order chi connectivity index (χ0) is 20.3. The Labute approximate surface area is 161 Å². The third-order valence-corrected chi connectivity index (χ3v) is 4.47. The monoisotopic (exact) mass is 384 g/mol. The molecule has 8 heteroatoms. The van der Waals surface area contributed by atoms with Gasteiger partial charge in [0.2, 0.25) is 0 Å². The Morgan fingerprint density at radius 1 is 1.07 bits per heavy atom. The van der Waals surface area contributed by atoms with Gasteiger partial charge in [-0.1, -0.05) is 30.3 Å². The highest BCUT2D eigenvalue weighted by Crippen LogP contribution is 2.38. The van der Waals surface area contributed by atoms with Crippen molar-refractivity contribution in [1.82, 2.24) is 10.6 Å². The van der Waals surface area contributed by atoms with E-state index in [0.717, 1.165) is 10.8 Å². The normalized spacial score (nSPS) is 16.2. The number of fused-ring (bicyclic) bond motifs is 1. The Morgan fingerprint density at radius 3 is 2.54 bits per heavy atom. The fourth-order valence-corrected chi connectivity index (χ4v) is 3.19. The van der Waals surface area contributed by atoms with Crippen molar-refractivity contribution in [2.75, 3.05) is 20.8 Å². The third kappa shape index (κ3) is 3.62. The number of urea groups is 1. The van der Waals surface area contributed by atoms with E-state index in [1.54, 1.807) is 13.0 Å². The van der Waals surface area contributed by atoms with E-state index in [4.69, 9.17) is 9.47 Å². The first-order valence-corrected chi connectivity index (χ1v) is 8.54. The number of amides is 2. The number of hydrogen-bond donors (Lipinski definition) is 2. The molecule has 0 bridgehead atoms. The smallest absolute Gasteiger partial charge is 0.343 e. The maximum Gasteiger partial charge on any atom is 0.343 e. The van der Waals surface area contributed by atoms with Gasteiger partial charge in [-0.25, -0.2) is 14.4 Å². The topological polar surface area (TPSA) is 103 Å². The molecule has 0 spiro atoms. The zero-order valence-corrected chi connectivity index (χ0v) is 15.7. The van der Waals surface area contributed by atoms with Crippen LogP contribution < -0.4 is 15.4 Å². The second kappa shape index (κ2) is 7.99. The summed E-state index contributed by atoms with van der Waals surface area (Å²) in [5, 5.41) is 7.00. The van der Waals surface area contributed by atoms with Gasteiger partial charge in [-0.05, 0) is 23.8 Å². The van der Waals surface area contributed by atoms with E-state index < -0.39 is 24.0 Å². The number of carbonyl (C=O) groups is 3. The Kier molecular flexibility index (Phi) is 5.49. The number of allylic oxidation sites excluding steroid dienone is 1. The van der Waals surface area contributed by atoms with Gasteiger partial charge >= 0.3 is 18.0 Å². The molecule has 1 aliphatic heterocycles. The van der Waals surface area contributed by atoms with Gasteiger partial charge < -0.3 is 24.8 Å². The number of hydrogen-bond acceptors (Lipinski definition) is 6. The molecule has 28 heavy (non-hydrogen) atoms. The standard InChI is InChI=1S/C20H20N2O6/c1-11-16(19(24)27-3)18(22-20(25)21-11)17-13-7-5-4-6-12(13)8-9-14(17)28-10-15(23)26-2/h4-9,18H,10H2,1-3H3,(H2,21,22,25)/t18-/m1/s1. The first kappa shape index (κ1) is 19.2. The molecule has 0 saturated heterocycles. The molecule has 0 unspecified atom stereocenters. The van der Waals surface area contributed by atoms with Crippen LogP contribution in [0.3, 0.4) is 0 Å². The maximum absolute atomic E-state index is 12.4. The van der Waals surface area contributed by atoms with Crippen molar-refractivity contribution in [3.05, 3.63) is 53.2 Å². The Bertz CT molecular complexity index is 982. The van der Waals surface area contributed by atoms with Crippen LogP contribution in [0.5, 0.6) is 5.75 Å².